The van der Waals surface area contributed by atoms with Crippen molar-refractivity contribution in [3.63, 3.8) is 0 Å². The Morgan fingerprint density at radius 2 is 1.71 bits per heavy atom. The maximum absolute atomic E-state index is 12.5. The molecular formula is C23H29I2NO5. The number of phenolic OH excluding ortho intramolecular Hbond substituents is 1. The average Bonchev–Trinajstić information content (AvgIpc) is 2.60. The van der Waals surface area contributed by atoms with E-state index in [1.165, 1.54) is 0 Å². The normalized spacial score (nSPS) is 18.6. The number of hydrogen-bond donors (Lipinski definition) is 1. The largest absolute Gasteiger partial charge is 0.506 e. The van der Waals surface area contributed by atoms with Gasteiger partial charge in [0.25, 0.3) is 0 Å². The third kappa shape index (κ3) is 6.71. The highest BCUT2D eigenvalue weighted by Crippen LogP contribution is 2.38. The van der Waals surface area contributed by atoms with E-state index < -0.39 is 17.5 Å². The zero-order valence-corrected chi connectivity index (χ0v) is 23.2. The number of nitrogens with zero attached hydrogens (tertiary/aromatic N) is 1. The van der Waals surface area contributed by atoms with E-state index in [1.54, 1.807) is 26.0 Å². The lowest BCUT2D eigenvalue weighted by atomic mass is 9.79. The second-order valence-electron chi connectivity index (χ2n) is 9.55. The van der Waals surface area contributed by atoms with Crippen LogP contribution in [0.25, 0.3) is 0 Å². The average molecular weight is 653 g/mol. The van der Waals surface area contributed by atoms with E-state index in [4.69, 9.17) is 9.47 Å². The highest BCUT2D eigenvalue weighted by atomic mass is 127. The molecule has 1 aromatic rings. The molecule has 0 bridgehead atoms. The van der Waals surface area contributed by atoms with Crippen molar-refractivity contribution in [2.75, 3.05) is 7.05 Å². The van der Waals surface area contributed by atoms with Gasteiger partial charge >= 0.3 is 11.9 Å². The maximum Gasteiger partial charge on any atom is 0.384 e. The van der Waals surface area contributed by atoms with E-state index in [9.17, 15) is 14.7 Å². The van der Waals surface area contributed by atoms with Crippen molar-refractivity contribution in [3.05, 3.63) is 24.8 Å². The van der Waals surface area contributed by atoms with Gasteiger partial charge in [-0.3, -0.25) is 4.90 Å². The fourth-order valence-electron chi connectivity index (χ4n) is 3.78. The van der Waals surface area contributed by atoms with Gasteiger partial charge in [0.1, 0.15) is 17.4 Å². The molecule has 0 saturated carbocycles. The first-order chi connectivity index (χ1) is 14.0. The Morgan fingerprint density at radius 1 is 1.16 bits per heavy atom. The molecule has 1 saturated heterocycles. The summed E-state index contributed by atoms with van der Waals surface area (Å²) < 4.78 is 12.4. The first-order valence-electron chi connectivity index (χ1n) is 9.93. The van der Waals surface area contributed by atoms with Crippen molar-refractivity contribution in [1.82, 2.24) is 4.90 Å². The van der Waals surface area contributed by atoms with Crippen molar-refractivity contribution in [1.29, 1.82) is 0 Å². The molecule has 1 aliphatic rings. The van der Waals surface area contributed by atoms with Crippen LogP contribution in [-0.4, -0.2) is 51.8 Å². The van der Waals surface area contributed by atoms with Crippen LogP contribution in [0.4, 0.5) is 0 Å². The van der Waals surface area contributed by atoms with Crippen LogP contribution in [0.1, 0.15) is 64.7 Å². The molecule has 6 nitrogen and oxygen atoms in total. The Kier molecular flexibility index (Phi) is 7.97. The number of ether oxygens (including phenoxy) is 2. The smallest absolute Gasteiger partial charge is 0.384 e. The number of piperidine rings is 1. The lowest BCUT2D eigenvalue weighted by molar-refractivity contribution is -0.151. The summed E-state index contributed by atoms with van der Waals surface area (Å²) in [6.45, 7) is 11.7. The number of esters is 2. The van der Waals surface area contributed by atoms with Gasteiger partial charge in [-0.15, -0.1) is 0 Å². The molecule has 0 radical (unpaired) electrons. The van der Waals surface area contributed by atoms with Crippen LogP contribution in [0, 0.1) is 19.0 Å². The van der Waals surface area contributed by atoms with Gasteiger partial charge in [-0.2, -0.15) is 0 Å². The fourth-order valence-corrected chi connectivity index (χ4v) is 5.62. The van der Waals surface area contributed by atoms with Crippen LogP contribution >= 0.6 is 45.2 Å². The standard InChI is InChI=1S/C23H29I2NO5/c1-21(2)12-15(13-22(3,4)26(21)7)30-18(27)8-9-23(5,6)31-20(29)16-10-14(24)11-17(25)19(16)28/h10-11,15,28H,12-13H2,1-7H3. The highest BCUT2D eigenvalue weighted by molar-refractivity contribution is 14.1. The number of likely N-dealkylation sites (tertiary alicyclic amines) is 1. The molecule has 1 N–H and O–H groups in total. The number of halogens is 2. The maximum atomic E-state index is 12.5. The Morgan fingerprint density at radius 3 is 2.26 bits per heavy atom. The van der Waals surface area contributed by atoms with Crippen LogP contribution in [0.15, 0.2) is 12.1 Å². The molecule has 0 unspecified atom stereocenters. The minimum absolute atomic E-state index is 0.0598. The highest BCUT2D eigenvalue weighted by Gasteiger charge is 2.44. The summed E-state index contributed by atoms with van der Waals surface area (Å²) >= 11 is 4.01. The van der Waals surface area contributed by atoms with Crippen molar-refractivity contribution in [2.24, 2.45) is 0 Å². The Hall–Kier alpha value is -1.06. The lowest BCUT2D eigenvalue weighted by Crippen LogP contribution is -2.60. The molecule has 170 valence electrons. The van der Waals surface area contributed by atoms with E-state index in [0.29, 0.717) is 16.4 Å². The second kappa shape index (κ2) is 9.43. The van der Waals surface area contributed by atoms with Gasteiger partial charge in [0.15, 0.2) is 5.60 Å². The molecule has 1 heterocycles. The number of carbonyl (C=O) groups excluding carboxylic acids is 2. The first kappa shape index (κ1) is 26.2. The summed E-state index contributed by atoms with van der Waals surface area (Å²) in [6, 6.07) is 3.29. The number of benzene rings is 1. The molecule has 1 aliphatic heterocycles. The molecule has 0 spiro atoms. The molecule has 1 fully saturated rings. The van der Waals surface area contributed by atoms with Gasteiger partial charge in [0.05, 0.1) is 3.57 Å². The van der Waals surface area contributed by atoms with Crippen LogP contribution in [0.2, 0.25) is 0 Å². The summed E-state index contributed by atoms with van der Waals surface area (Å²) in [7, 11) is 2.08. The van der Waals surface area contributed by atoms with Gasteiger partial charge in [-0.1, -0.05) is 0 Å². The van der Waals surface area contributed by atoms with Crippen LogP contribution in [-0.2, 0) is 14.3 Å². The minimum atomic E-state index is -1.24. The van der Waals surface area contributed by atoms with Gasteiger partial charge < -0.3 is 14.6 Å². The number of aromatic hydroxyl groups is 1. The lowest BCUT2D eigenvalue weighted by Gasteiger charge is -2.53. The Bertz CT molecular complexity index is 925. The monoisotopic (exact) mass is 653 g/mol. The van der Waals surface area contributed by atoms with Crippen LogP contribution in [0.5, 0.6) is 5.75 Å². The molecular weight excluding hydrogens is 624 g/mol. The molecule has 0 aromatic heterocycles. The third-order valence-corrected chi connectivity index (χ3v) is 7.05. The number of hydrogen-bond acceptors (Lipinski definition) is 6. The first-order valence-corrected chi connectivity index (χ1v) is 12.1. The number of rotatable bonds is 3. The van der Waals surface area contributed by atoms with E-state index >= 15 is 0 Å². The topological polar surface area (TPSA) is 76.1 Å². The molecule has 31 heavy (non-hydrogen) atoms. The van der Waals surface area contributed by atoms with E-state index in [1.807, 2.05) is 22.6 Å². The van der Waals surface area contributed by atoms with Gasteiger partial charge in [-0.25, -0.2) is 9.59 Å². The molecule has 0 atom stereocenters. The summed E-state index contributed by atoms with van der Waals surface area (Å²) in [4.78, 5) is 27.2. The fraction of sp³-hybridized carbons (Fsp3) is 0.565. The van der Waals surface area contributed by atoms with E-state index in [-0.39, 0.29) is 28.5 Å². The third-order valence-electron chi connectivity index (χ3n) is 5.61. The van der Waals surface area contributed by atoms with Crippen molar-refractivity contribution in [2.45, 2.75) is 77.2 Å². The van der Waals surface area contributed by atoms with Gasteiger partial charge in [-0.05, 0) is 112 Å². The number of carbonyl (C=O) groups is 2. The van der Waals surface area contributed by atoms with Crippen molar-refractivity contribution in [3.8, 4) is 17.6 Å². The van der Waals surface area contributed by atoms with Crippen molar-refractivity contribution < 1.29 is 24.2 Å². The van der Waals surface area contributed by atoms with E-state index in [0.717, 1.165) is 3.57 Å². The molecule has 2 rings (SSSR count). The molecule has 1 aromatic carbocycles. The van der Waals surface area contributed by atoms with Crippen LogP contribution in [0.3, 0.4) is 0 Å². The Labute approximate surface area is 211 Å². The van der Waals surface area contributed by atoms with Crippen LogP contribution < -0.4 is 0 Å². The Balaban J connectivity index is 2.07. The molecule has 0 aliphatic carbocycles. The predicted molar refractivity (Wildman–Crippen MR) is 136 cm³/mol. The van der Waals surface area contributed by atoms with Crippen molar-refractivity contribution >= 4 is 57.1 Å². The second-order valence-corrected chi connectivity index (χ2v) is 12.0. The summed E-state index contributed by atoms with van der Waals surface area (Å²) in [5.41, 5.74) is -1.39. The quantitative estimate of drug-likeness (QED) is 0.220. The molecule has 8 heteroatoms. The summed E-state index contributed by atoms with van der Waals surface area (Å²) in [5, 5.41) is 10.2. The summed E-state index contributed by atoms with van der Waals surface area (Å²) in [5.74, 6) is 3.66. The zero-order chi connectivity index (χ0) is 23.8. The number of phenols is 1. The molecule has 0 amide bonds. The predicted octanol–water partition coefficient (Wildman–Crippen LogP) is 4.73. The van der Waals surface area contributed by atoms with Gasteiger partial charge in [0.2, 0.25) is 0 Å². The zero-order valence-electron chi connectivity index (χ0n) is 18.9. The van der Waals surface area contributed by atoms with Gasteiger partial charge in [0, 0.05) is 33.4 Å². The minimum Gasteiger partial charge on any atom is -0.506 e. The summed E-state index contributed by atoms with van der Waals surface area (Å²) in [6.07, 6.45) is 1.19. The van der Waals surface area contributed by atoms with E-state index in [2.05, 4.69) is 74.1 Å². The SMILES string of the molecule is CN1C(C)(C)CC(OC(=O)C#CC(C)(C)OC(=O)c2cc(I)cc(I)c2O)CC1(C)C.